The standard InChI is InChI=1S/C31H28/c1-20(2)21-13-11-19-28-29(21)22-12-5-6-14-23(22)31(28)26-17-9-7-15-24(26)30(3,4)25-16-8-10-18-27(25)31/h6-11,13-19H,1,5,12H2,2-4H3. The second-order valence-corrected chi connectivity index (χ2v) is 9.81. The smallest absolute Gasteiger partial charge is 0.0716 e. The topological polar surface area (TPSA) is 0 Å². The van der Waals surface area contributed by atoms with Crippen LogP contribution in [0.3, 0.4) is 0 Å². The average molecular weight is 401 g/mol. The predicted molar refractivity (Wildman–Crippen MR) is 131 cm³/mol. The first kappa shape index (κ1) is 18.6. The van der Waals surface area contributed by atoms with Gasteiger partial charge in [0.2, 0.25) is 0 Å². The molecule has 0 nitrogen and oxygen atoms in total. The van der Waals surface area contributed by atoms with Crippen LogP contribution in [0.5, 0.6) is 0 Å². The van der Waals surface area contributed by atoms with E-state index in [0.717, 1.165) is 18.4 Å². The van der Waals surface area contributed by atoms with Gasteiger partial charge in [-0.3, -0.25) is 0 Å². The van der Waals surface area contributed by atoms with Crippen LogP contribution in [0.25, 0.3) is 11.1 Å². The van der Waals surface area contributed by atoms with E-state index in [1.54, 1.807) is 0 Å². The van der Waals surface area contributed by atoms with Gasteiger partial charge in [0.15, 0.2) is 0 Å². The molecule has 0 amide bonds. The second kappa shape index (κ2) is 6.20. The molecule has 0 saturated carbocycles. The van der Waals surface area contributed by atoms with Gasteiger partial charge in [-0.2, -0.15) is 0 Å². The van der Waals surface area contributed by atoms with Crippen molar-refractivity contribution in [2.45, 2.75) is 44.4 Å². The summed E-state index contributed by atoms with van der Waals surface area (Å²) in [6, 6.07) is 25.2. The Bertz CT molecular complexity index is 1280. The molecule has 0 radical (unpaired) electrons. The van der Waals surface area contributed by atoms with Gasteiger partial charge in [-0.25, -0.2) is 0 Å². The van der Waals surface area contributed by atoms with Crippen LogP contribution < -0.4 is 0 Å². The van der Waals surface area contributed by atoms with Gasteiger partial charge < -0.3 is 0 Å². The first-order valence-corrected chi connectivity index (χ1v) is 11.4. The van der Waals surface area contributed by atoms with E-state index in [0.29, 0.717) is 0 Å². The Morgan fingerprint density at radius 2 is 1.35 bits per heavy atom. The maximum atomic E-state index is 4.35. The minimum atomic E-state index is -0.254. The van der Waals surface area contributed by atoms with Crippen molar-refractivity contribution < 1.29 is 0 Å². The summed E-state index contributed by atoms with van der Waals surface area (Å²) in [5.41, 5.74) is 13.8. The lowest BCUT2D eigenvalue weighted by atomic mass is 9.55. The number of benzene rings is 3. The zero-order valence-electron chi connectivity index (χ0n) is 18.6. The predicted octanol–water partition coefficient (Wildman–Crippen LogP) is 7.81. The Kier molecular flexibility index (Phi) is 3.73. The third kappa shape index (κ3) is 2.15. The summed E-state index contributed by atoms with van der Waals surface area (Å²) in [7, 11) is 0. The summed E-state index contributed by atoms with van der Waals surface area (Å²) in [4.78, 5) is 0. The molecule has 0 aromatic heterocycles. The summed E-state index contributed by atoms with van der Waals surface area (Å²) in [5.74, 6) is 0. The van der Waals surface area contributed by atoms with Crippen LogP contribution in [0.1, 0.15) is 72.6 Å². The number of allylic oxidation sites excluding steroid dienone is 5. The molecule has 3 aromatic rings. The minimum absolute atomic E-state index is 0.0355. The maximum absolute atomic E-state index is 4.35. The van der Waals surface area contributed by atoms with Crippen LogP contribution in [-0.2, 0) is 10.8 Å². The molecule has 0 saturated heterocycles. The number of rotatable bonds is 1. The molecule has 0 atom stereocenters. The van der Waals surface area contributed by atoms with Crippen LogP contribution >= 0.6 is 0 Å². The molecule has 0 bridgehead atoms. The summed E-state index contributed by atoms with van der Waals surface area (Å²) in [5, 5.41) is 0. The van der Waals surface area contributed by atoms with Crippen molar-refractivity contribution in [2.24, 2.45) is 0 Å². The van der Waals surface area contributed by atoms with Gasteiger partial charge in [-0.05, 0) is 69.9 Å². The Morgan fingerprint density at radius 1 is 0.774 bits per heavy atom. The van der Waals surface area contributed by atoms with E-state index < -0.39 is 0 Å². The quantitative estimate of drug-likeness (QED) is 0.391. The highest BCUT2D eigenvalue weighted by Gasteiger charge is 2.54. The van der Waals surface area contributed by atoms with Crippen molar-refractivity contribution in [3.05, 3.63) is 130 Å². The van der Waals surface area contributed by atoms with Crippen molar-refractivity contribution >= 4 is 11.1 Å². The van der Waals surface area contributed by atoms with Gasteiger partial charge >= 0.3 is 0 Å². The number of hydrogen-bond donors (Lipinski definition) is 0. The molecule has 0 N–H and O–H groups in total. The van der Waals surface area contributed by atoms with Crippen LogP contribution in [-0.4, -0.2) is 0 Å². The highest BCUT2D eigenvalue weighted by atomic mass is 14.6. The molecule has 6 rings (SSSR count). The first-order chi connectivity index (χ1) is 15.0. The SMILES string of the molecule is C=C(C)c1cccc2c1C1=C(C=CCC1)C21c2ccccc2C(C)(C)c2ccccc21. The maximum Gasteiger partial charge on any atom is 0.0716 e. The molecule has 152 valence electrons. The van der Waals surface area contributed by atoms with Crippen LogP contribution in [0.15, 0.2) is 91.0 Å². The summed E-state index contributed by atoms with van der Waals surface area (Å²) < 4.78 is 0. The number of fused-ring (bicyclic) bond motifs is 8. The molecule has 3 aliphatic carbocycles. The Hall–Kier alpha value is -3.12. The molecule has 3 aliphatic rings. The van der Waals surface area contributed by atoms with Crippen LogP contribution in [0, 0.1) is 0 Å². The van der Waals surface area contributed by atoms with E-state index in [9.17, 15) is 0 Å². The lowest BCUT2D eigenvalue weighted by Crippen LogP contribution is -2.41. The Morgan fingerprint density at radius 3 is 1.97 bits per heavy atom. The average Bonchev–Trinajstić information content (AvgIpc) is 3.09. The summed E-state index contributed by atoms with van der Waals surface area (Å²) in [6.07, 6.45) is 7.00. The molecular formula is C31H28. The van der Waals surface area contributed by atoms with E-state index in [1.807, 2.05) is 0 Å². The fraction of sp³-hybridized carbons (Fsp3) is 0.226. The molecular weight excluding hydrogens is 372 g/mol. The van der Waals surface area contributed by atoms with Gasteiger partial charge in [0.1, 0.15) is 0 Å². The van der Waals surface area contributed by atoms with Crippen molar-refractivity contribution in [3.63, 3.8) is 0 Å². The molecule has 0 unspecified atom stereocenters. The lowest BCUT2D eigenvalue weighted by molar-refractivity contribution is 0.561. The van der Waals surface area contributed by atoms with Crippen LogP contribution in [0.2, 0.25) is 0 Å². The third-order valence-electron chi connectivity index (χ3n) is 7.81. The third-order valence-corrected chi connectivity index (χ3v) is 7.81. The molecule has 0 aliphatic heterocycles. The van der Waals surface area contributed by atoms with Crippen molar-refractivity contribution in [1.29, 1.82) is 0 Å². The second-order valence-electron chi connectivity index (χ2n) is 9.81. The number of hydrogen-bond acceptors (Lipinski definition) is 0. The molecule has 31 heavy (non-hydrogen) atoms. The van der Waals surface area contributed by atoms with Gasteiger partial charge in [0.25, 0.3) is 0 Å². The zero-order valence-corrected chi connectivity index (χ0v) is 18.6. The zero-order chi connectivity index (χ0) is 21.4. The summed E-state index contributed by atoms with van der Waals surface area (Å²) >= 11 is 0. The van der Waals surface area contributed by atoms with Gasteiger partial charge in [0, 0.05) is 5.41 Å². The van der Waals surface area contributed by atoms with Crippen molar-refractivity contribution in [2.75, 3.05) is 0 Å². The van der Waals surface area contributed by atoms with Crippen molar-refractivity contribution in [3.8, 4) is 0 Å². The largest absolute Gasteiger partial charge is 0.0955 e. The van der Waals surface area contributed by atoms with E-state index in [4.69, 9.17) is 0 Å². The minimum Gasteiger partial charge on any atom is -0.0955 e. The van der Waals surface area contributed by atoms with E-state index in [-0.39, 0.29) is 10.8 Å². The fourth-order valence-corrected chi connectivity index (χ4v) is 6.55. The van der Waals surface area contributed by atoms with Crippen molar-refractivity contribution in [1.82, 2.24) is 0 Å². The molecule has 3 aromatic carbocycles. The highest BCUT2D eigenvalue weighted by molar-refractivity contribution is 5.94. The Labute approximate surface area is 185 Å². The van der Waals surface area contributed by atoms with Gasteiger partial charge in [0.05, 0.1) is 5.41 Å². The first-order valence-electron chi connectivity index (χ1n) is 11.4. The molecule has 0 fully saturated rings. The van der Waals surface area contributed by atoms with Gasteiger partial charge in [-0.1, -0.05) is 105 Å². The Balaban J connectivity index is 1.86. The molecule has 0 heteroatoms. The highest BCUT2D eigenvalue weighted by Crippen LogP contribution is 2.63. The fourth-order valence-electron chi connectivity index (χ4n) is 6.55. The van der Waals surface area contributed by atoms with E-state index >= 15 is 0 Å². The van der Waals surface area contributed by atoms with E-state index in [2.05, 4.69) is 106 Å². The normalized spacial score (nSPS) is 18.9. The molecule has 1 spiro atoms. The monoisotopic (exact) mass is 400 g/mol. The van der Waals surface area contributed by atoms with Crippen LogP contribution in [0.4, 0.5) is 0 Å². The van der Waals surface area contributed by atoms with E-state index in [1.165, 1.54) is 50.1 Å². The van der Waals surface area contributed by atoms with Gasteiger partial charge in [-0.15, -0.1) is 0 Å². The lowest BCUT2D eigenvalue weighted by Gasteiger charge is -2.47. The molecule has 0 heterocycles. The summed E-state index contributed by atoms with van der Waals surface area (Å²) in [6.45, 7) is 11.2.